The highest BCUT2D eigenvalue weighted by Gasteiger charge is 2.13. The lowest BCUT2D eigenvalue weighted by Gasteiger charge is -2.07. The normalized spacial score (nSPS) is 10.1. The minimum atomic E-state index is -0.333. The number of methoxy groups -OCH3 is 2. The molecule has 0 aliphatic heterocycles. The van der Waals surface area contributed by atoms with Crippen LogP contribution in [0.5, 0.6) is 5.75 Å². The Kier molecular flexibility index (Phi) is 3.53. The van der Waals surface area contributed by atoms with E-state index in [1.165, 1.54) is 18.4 Å². The van der Waals surface area contributed by atoms with Crippen molar-refractivity contribution >= 4 is 23.0 Å². The number of thiophene rings is 1. The van der Waals surface area contributed by atoms with Crippen LogP contribution in [0.15, 0.2) is 30.3 Å². The number of benzene rings is 1. The fourth-order valence-corrected chi connectivity index (χ4v) is 2.56. The number of hydrogen-bond donors (Lipinski definition) is 1. The molecule has 1 aromatic carbocycles. The molecule has 1 aromatic heterocycles. The molecule has 4 nitrogen and oxygen atoms in total. The van der Waals surface area contributed by atoms with Crippen molar-refractivity contribution in [1.29, 1.82) is 0 Å². The van der Waals surface area contributed by atoms with Crippen LogP contribution < -0.4 is 10.5 Å². The average Bonchev–Trinajstić information content (AvgIpc) is 2.87. The van der Waals surface area contributed by atoms with E-state index in [1.807, 2.05) is 12.1 Å². The first-order valence-corrected chi connectivity index (χ1v) is 6.09. The molecule has 0 unspecified atom stereocenters. The number of carbonyl (C=O) groups is 1. The summed E-state index contributed by atoms with van der Waals surface area (Å²) in [5, 5.41) is 0. The quantitative estimate of drug-likeness (QED) is 0.683. The molecule has 1 heterocycles. The molecule has 2 N–H and O–H groups in total. The van der Waals surface area contributed by atoms with E-state index in [0.29, 0.717) is 16.3 Å². The van der Waals surface area contributed by atoms with E-state index in [2.05, 4.69) is 4.74 Å². The van der Waals surface area contributed by atoms with E-state index < -0.39 is 0 Å². The molecule has 0 fully saturated rings. The van der Waals surface area contributed by atoms with Crippen LogP contribution in [0, 0.1) is 0 Å². The lowest BCUT2D eigenvalue weighted by atomic mass is 10.1. The number of carbonyl (C=O) groups excluding carboxylic acids is 1. The zero-order chi connectivity index (χ0) is 13.1. The maximum Gasteiger partial charge on any atom is 0.348 e. The van der Waals surface area contributed by atoms with Gasteiger partial charge in [0.15, 0.2) is 0 Å². The van der Waals surface area contributed by atoms with Crippen molar-refractivity contribution in [2.24, 2.45) is 0 Å². The van der Waals surface area contributed by atoms with E-state index in [-0.39, 0.29) is 5.97 Å². The first-order valence-electron chi connectivity index (χ1n) is 5.27. The molecule has 2 aromatic rings. The van der Waals surface area contributed by atoms with Gasteiger partial charge in [0.05, 0.1) is 14.2 Å². The van der Waals surface area contributed by atoms with Crippen LogP contribution in [0.1, 0.15) is 9.67 Å². The number of esters is 1. The van der Waals surface area contributed by atoms with Gasteiger partial charge in [0.1, 0.15) is 10.6 Å². The summed E-state index contributed by atoms with van der Waals surface area (Å²) in [6, 6.07) is 9.04. The molecule has 5 heteroatoms. The minimum Gasteiger partial charge on any atom is -0.496 e. The van der Waals surface area contributed by atoms with Crippen LogP contribution in [0.4, 0.5) is 5.69 Å². The van der Waals surface area contributed by atoms with Gasteiger partial charge in [0.2, 0.25) is 0 Å². The molecule has 0 atom stereocenters. The van der Waals surface area contributed by atoms with Gasteiger partial charge in [0, 0.05) is 22.2 Å². The third-order valence-corrected chi connectivity index (χ3v) is 3.58. The lowest BCUT2D eigenvalue weighted by molar-refractivity contribution is 0.0606. The van der Waals surface area contributed by atoms with Gasteiger partial charge in [0.25, 0.3) is 0 Å². The molecule has 0 saturated heterocycles. The van der Waals surface area contributed by atoms with Gasteiger partial charge >= 0.3 is 5.97 Å². The standard InChI is InChI=1S/C13H13NO3S/c1-16-10-7-8(14)3-4-9(10)11-5-6-12(18-11)13(15)17-2/h3-7H,14H2,1-2H3. The van der Waals surface area contributed by atoms with E-state index in [4.69, 9.17) is 10.5 Å². The van der Waals surface area contributed by atoms with Crippen molar-refractivity contribution in [2.75, 3.05) is 20.0 Å². The Hall–Kier alpha value is -2.01. The number of nitrogen functional groups attached to an aromatic ring is 1. The fourth-order valence-electron chi connectivity index (χ4n) is 1.60. The van der Waals surface area contributed by atoms with Crippen LogP contribution in [0.3, 0.4) is 0 Å². The Bertz CT molecular complexity index is 577. The molecule has 94 valence electrons. The molecule has 0 saturated carbocycles. The summed E-state index contributed by atoms with van der Waals surface area (Å²) in [7, 11) is 2.96. The number of rotatable bonds is 3. The Morgan fingerprint density at radius 1 is 1.22 bits per heavy atom. The highest BCUT2D eigenvalue weighted by molar-refractivity contribution is 7.17. The maximum absolute atomic E-state index is 11.4. The lowest BCUT2D eigenvalue weighted by Crippen LogP contribution is -1.96. The molecule has 0 aliphatic rings. The number of anilines is 1. The van der Waals surface area contributed by atoms with Gasteiger partial charge in [-0.05, 0) is 24.3 Å². The van der Waals surface area contributed by atoms with Crippen molar-refractivity contribution in [3.63, 3.8) is 0 Å². The van der Waals surface area contributed by atoms with Crippen molar-refractivity contribution < 1.29 is 14.3 Å². The van der Waals surface area contributed by atoms with Crippen LogP contribution in [-0.2, 0) is 4.74 Å². The van der Waals surface area contributed by atoms with E-state index >= 15 is 0 Å². The van der Waals surface area contributed by atoms with Crippen LogP contribution in [-0.4, -0.2) is 20.2 Å². The molecule has 0 radical (unpaired) electrons. The fraction of sp³-hybridized carbons (Fsp3) is 0.154. The summed E-state index contributed by atoms with van der Waals surface area (Å²) in [4.78, 5) is 12.9. The maximum atomic E-state index is 11.4. The van der Waals surface area contributed by atoms with Crippen LogP contribution in [0.25, 0.3) is 10.4 Å². The van der Waals surface area contributed by atoms with Gasteiger partial charge in [-0.25, -0.2) is 4.79 Å². The van der Waals surface area contributed by atoms with Crippen molar-refractivity contribution in [2.45, 2.75) is 0 Å². The molecule has 0 aliphatic carbocycles. The van der Waals surface area contributed by atoms with Gasteiger partial charge in [-0.2, -0.15) is 0 Å². The second-order valence-electron chi connectivity index (χ2n) is 3.62. The van der Waals surface area contributed by atoms with Crippen molar-refractivity contribution in [3.8, 4) is 16.2 Å². The molecule has 0 spiro atoms. The number of nitrogens with two attached hydrogens (primary N) is 1. The summed E-state index contributed by atoms with van der Waals surface area (Å²) in [5.74, 6) is 0.355. The highest BCUT2D eigenvalue weighted by Crippen LogP contribution is 2.36. The third-order valence-electron chi connectivity index (χ3n) is 2.48. The van der Waals surface area contributed by atoms with Crippen LogP contribution >= 0.6 is 11.3 Å². The summed E-state index contributed by atoms with van der Waals surface area (Å²) >= 11 is 1.36. The van der Waals surface area contributed by atoms with Gasteiger partial charge < -0.3 is 15.2 Å². The molecule has 0 bridgehead atoms. The zero-order valence-corrected chi connectivity index (χ0v) is 10.9. The molecule has 0 amide bonds. The molecule has 18 heavy (non-hydrogen) atoms. The second kappa shape index (κ2) is 5.10. The Morgan fingerprint density at radius 3 is 2.67 bits per heavy atom. The molecular formula is C13H13NO3S. The topological polar surface area (TPSA) is 61.5 Å². The van der Waals surface area contributed by atoms with Gasteiger partial charge in [-0.1, -0.05) is 0 Å². The van der Waals surface area contributed by atoms with Crippen LogP contribution in [0.2, 0.25) is 0 Å². The predicted octanol–water partition coefficient (Wildman–Crippen LogP) is 2.79. The van der Waals surface area contributed by atoms with E-state index in [0.717, 1.165) is 10.4 Å². The Morgan fingerprint density at radius 2 is 2.00 bits per heavy atom. The number of ether oxygens (including phenoxy) is 2. The number of hydrogen-bond acceptors (Lipinski definition) is 5. The summed E-state index contributed by atoms with van der Waals surface area (Å²) in [6.07, 6.45) is 0. The predicted molar refractivity (Wildman–Crippen MR) is 72.1 cm³/mol. The van der Waals surface area contributed by atoms with Gasteiger partial charge in [-0.3, -0.25) is 0 Å². The SMILES string of the molecule is COC(=O)c1ccc(-c2ccc(N)cc2OC)s1. The third kappa shape index (κ3) is 2.31. The average molecular weight is 263 g/mol. The van der Waals surface area contributed by atoms with Crippen molar-refractivity contribution in [3.05, 3.63) is 35.2 Å². The zero-order valence-electron chi connectivity index (χ0n) is 10.1. The molecular weight excluding hydrogens is 250 g/mol. The Balaban J connectivity index is 2.42. The van der Waals surface area contributed by atoms with E-state index in [1.54, 1.807) is 25.3 Å². The largest absolute Gasteiger partial charge is 0.496 e. The Labute approximate surface area is 109 Å². The first kappa shape index (κ1) is 12.4. The highest BCUT2D eigenvalue weighted by atomic mass is 32.1. The van der Waals surface area contributed by atoms with Crippen molar-refractivity contribution in [1.82, 2.24) is 0 Å². The van der Waals surface area contributed by atoms with Gasteiger partial charge in [-0.15, -0.1) is 11.3 Å². The second-order valence-corrected chi connectivity index (χ2v) is 4.70. The molecule has 2 rings (SSSR count). The first-order chi connectivity index (χ1) is 8.65. The smallest absolute Gasteiger partial charge is 0.348 e. The summed E-state index contributed by atoms with van der Waals surface area (Å²) < 4.78 is 9.97. The summed E-state index contributed by atoms with van der Waals surface area (Å²) in [6.45, 7) is 0. The summed E-state index contributed by atoms with van der Waals surface area (Å²) in [5.41, 5.74) is 7.25. The van der Waals surface area contributed by atoms with E-state index in [9.17, 15) is 4.79 Å². The monoisotopic (exact) mass is 263 g/mol. The minimum absolute atomic E-state index is 0.333.